The Morgan fingerprint density at radius 2 is 1.06 bits per heavy atom. The van der Waals surface area contributed by atoms with E-state index in [1.54, 1.807) is 118 Å². The van der Waals surface area contributed by atoms with Crippen LogP contribution in [0.25, 0.3) is 0 Å². The minimum Gasteiger partial charge on any atom is -0.454 e. The van der Waals surface area contributed by atoms with E-state index in [9.17, 15) is 13.8 Å². The highest BCUT2D eigenvalue weighted by molar-refractivity contribution is 8.30. The van der Waals surface area contributed by atoms with Gasteiger partial charge in [-0.1, -0.05) is 11.8 Å². The van der Waals surface area contributed by atoms with Crippen LogP contribution in [0.4, 0.5) is 0 Å². The van der Waals surface area contributed by atoms with Gasteiger partial charge in [-0.25, -0.2) is 9.78 Å². The number of hydrogen-bond donors (Lipinski definition) is 2. The number of ether oxygens (including phenoxy) is 1. The number of carbonyl (C=O) groups excluding carboxylic acids is 2. The normalized spacial score (nSPS) is 12.0. The van der Waals surface area contributed by atoms with Crippen LogP contribution in [0.15, 0.2) is 0 Å². The van der Waals surface area contributed by atoms with Gasteiger partial charge in [0.2, 0.25) is 0 Å². The summed E-state index contributed by atoms with van der Waals surface area (Å²) in [6.07, 6.45) is 0. The first-order valence-corrected chi connectivity index (χ1v) is 31.2. The monoisotopic (exact) mass is 942 g/mol. The van der Waals surface area contributed by atoms with Crippen LogP contribution in [0.2, 0.25) is 0 Å². The number of aliphatic hydroxyl groups is 2. The van der Waals surface area contributed by atoms with Gasteiger partial charge in [0.25, 0.3) is 0 Å². The summed E-state index contributed by atoms with van der Waals surface area (Å²) >= 11 is 23.5. The Hall–Kier alpha value is 4.03. The van der Waals surface area contributed by atoms with E-state index < -0.39 is 10.8 Å². The molecular formula is C24H46O8S15. The van der Waals surface area contributed by atoms with E-state index in [1.807, 2.05) is 23.5 Å². The Balaban J connectivity index is 3.30. The van der Waals surface area contributed by atoms with E-state index in [1.165, 1.54) is 23.5 Å². The molecule has 0 saturated heterocycles. The van der Waals surface area contributed by atoms with Gasteiger partial charge in [-0.3, -0.25) is 13.8 Å². The van der Waals surface area contributed by atoms with Crippen molar-refractivity contribution in [3.05, 3.63) is 0 Å². The lowest BCUT2D eigenvalue weighted by Crippen LogP contribution is -2.07. The van der Waals surface area contributed by atoms with Crippen molar-refractivity contribution in [1.29, 1.82) is 0 Å². The SMILES string of the molecule is O=C(CSCSCSCCS(=O)CSCSCSCSC(=O)CSCSCSCCOOCSCSCCO)OCSCSCCO. The fourth-order valence-corrected chi connectivity index (χ4v) is 18.5. The summed E-state index contributed by atoms with van der Waals surface area (Å²) in [4.78, 5) is 33.9. The molecule has 0 fully saturated rings. The number of thioether (sulfide) groups is 14. The van der Waals surface area contributed by atoms with Crippen LogP contribution in [-0.2, 0) is 34.9 Å². The number of aliphatic hydroxyl groups excluding tert-OH is 2. The number of esters is 1. The van der Waals surface area contributed by atoms with Gasteiger partial charge in [0.1, 0.15) is 11.9 Å². The molecule has 0 aromatic rings. The zero-order valence-corrected chi connectivity index (χ0v) is 38.3. The highest BCUT2D eigenvalue weighted by Gasteiger charge is 2.06. The fraction of sp³-hybridized carbons (Fsp3) is 0.917. The molecule has 0 aromatic heterocycles. The van der Waals surface area contributed by atoms with E-state index in [-0.39, 0.29) is 24.3 Å². The first-order chi connectivity index (χ1) is 23.1. The molecule has 0 spiro atoms. The maximum absolute atomic E-state index is 12.2. The van der Waals surface area contributed by atoms with Crippen LogP contribution in [0.1, 0.15) is 0 Å². The lowest BCUT2D eigenvalue weighted by molar-refractivity contribution is -0.274. The Labute approximate surface area is 343 Å². The van der Waals surface area contributed by atoms with Gasteiger partial charge in [0.05, 0.1) is 36.4 Å². The topological polar surface area (TPSA) is 119 Å². The van der Waals surface area contributed by atoms with Crippen molar-refractivity contribution < 1.29 is 38.5 Å². The number of hydrogen-bond acceptors (Lipinski definition) is 22. The Morgan fingerprint density at radius 3 is 1.77 bits per heavy atom. The lowest BCUT2D eigenvalue weighted by atomic mass is 10.8. The number of rotatable bonds is 39. The standard InChI is InChI=1S/C24H46O8S15/c25-1-4-33-13-39-11-30-23(27)9-37-17-42-16-36-7-8-47(29)22-45-20-43-19-44-21-46-24(28)10-38-18-41-15-35-6-3-31-32-12-40-14-34-5-2-26/h25-26H,1-22H2. The Bertz CT molecular complexity index is 721. The van der Waals surface area contributed by atoms with Crippen LogP contribution >= 0.6 is 165 Å². The van der Waals surface area contributed by atoms with Crippen LogP contribution in [0.3, 0.4) is 0 Å². The second-order valence-electron chi connectivity index (χ2n) is 7.74. The fourth-order valence-electron chi connectivity index (χ4n) is 2.15. The summed E-state index contributed by atoms with van der Waals surface area (Å²) in [5.41, 5.74) is 0. The van der Waals surface area contributed by atoms with Crippen molar-refractivity contribution in [3.63, 3.8) is 0 Å². The lowest BCUT2D eigenvalue weighted by Gasteiger charge is -2.05. The quantitative estimate of drug-likeness (QED) is 0.0208. The second kappa shape index (κ2) is 44.4. The van der Waals surface area contributed by atoms with E-state index in [0.29, 0.717) is 46.6 Å². The number of carbonyl (C=O) groups is 2. The molecule has 2 N–H and O–H groups in total. The summed E-state index contributed by atoms with van der Waals surface area (Å²) < 4.78 is 17.4. The van der Waals surface area contributed by atoms with Gasteiger partial charge in [0, 0.05) is 85.3 Å². The predicted molar refractivity (Wildman–Crippen MR) is 239 cm³/mol. The molecule has 47 heavy (non-hydrogen) atoms. The van der Waals surface area contributed by atoms with Crippen LogP contribution < -0.4 is 0 Å². The van der Waals surface area contributed by atoms with Crippen molar-refractivity contribution in [2.75, 3.05) is 123 Å². The average Bonchev–Trinajstić information content (AvgIpc) is 3.06. The zero-order valence-electron chi connectivity index (χ0n) is 26.0. The minimum absolute atomic E-state index is 0.172. The summed E-state index contributed by atoms with van der Waals surface area (Å²) in [5, 5.41) is 26.3. The molecule has 0 aliphatic carbocycles. The van der Waals surface area contributed by atoms with Gasteiger partial charge in [-0.15, -0.1) is 141 Å². The third kappa shape index (κ3) is 44.3. The summed E-state index contributed by atoms with van der Waals surface area (Å²) in [5.74, 6) is 5.49. The molecule has 0 rings (SSSR count). The van der Waals surface area contributed by atoms with E-state index in [4.69, 9.17) is 24.7 Å². The van der Waals surface area contributed by atoms with Crippen molar-refractivity contribution in [3.8, 4) is 0 Å². The van der Waals surface area contributed by atoms with Gasteiger partial charge >= 0.3 is 5.97 Å². The maximum atomic E-state index is 12.2. The molecule has 0 aliphatic rings. The first kappa shape index (κ1) is 51.0. The molecule has 280 valence electrons. The summed E-state index contributed by atoms with van der Waals surface area (Å²) in [6.45, 7) is 0.940. The average molecular weight is 944 g/mol. The summed E-state index contributed by atoms with van der Waals surface area (Å²) in [7, 11) is -0.808. The highest BCUT2D eigenvalue weighted by atomic mass is 32.3. The molecular weight excluding hydrogens is 897 g/mol. The molecule has 0 aliphatic heterocycles. The molecule has 8 nitrogen and oxygen atoms in total. The first-order valence-electron chi connectivity index (χ1n) is 13.7. The molecule has 1 unspecified atom stereocenters. The van der Waals surface area contributed by atoms with Crippen LogP contribution in [-0.4, -0.2) is 148 Å². The van der Waals surface area contributed by atoms with Crippen molar-refractivity contribution in [1.82, 2.24) is 0 Å². The van der Waals surface area contributed by atoms with Crippen LogP contribution in [0.5, 0.6) is 0 Å². The molecule has 0 saturated carbocycles. The Morgan fingerprint density at radius 1 is 0.532 bits per heavy atom. The van der Waals surface area contributed by atoms with E-state index in [2.05, 4.69) is 0 Å². The third-order valence-corrected chi connectivity index (χ3v) is 22.5. The molecule has 0 heterocycles. The molecule has 23 heteroatoms. The van der Waals surface area contributed by atoms with Gasteiger partial charge < -0.3 is 14.9 Å². The van der Waals surface area contributed by atoms with Gasteiger partial charge in [-0.2, -0.15) is 11.8 Å². The smallest absolute Gasteiger partial charge is 0.316 e. The predicted octanol–water partition coefficient (Wildman–Crippen LogP) is 7.49. The molecule has 0 aromatic carbocycles. The third-order valence-electron chi connectivity index (χ3n) is 4.05. The molecule has 0 amide bonds. The van der Waals surface area contributed by atoms with Gasteiger partial charge in [-0.05, 0) is 0 Å². The minimum atomic E-state index is -0.808. The highest BCUT2D eigenvalue weighted by Crippen LogP contribution is 2.24. The van der Waals surface area contributed by atoms with E-state index >= 15 is 0 Å². The van der Waals surface area contributed by atoms with Crippen molar-refractivity contribution >= 4 is 187 Å². The maximum Gasteiger partial charge on any atom is 0.316 e. The molecule has 0 bridgehead atoms. The Kier molecular flexibility index (Phi) is 48.2. The van der Waals surface area contributed by atoms with Crippen molar-refractivity contribution in [2.45, 2.75) is 0 Å². The largest absolute Gasteiger partial charge is 0.454 e. The molecule has 1 atom stereocenters. The van der Waals surface area contributed by atoms with Gasteiger partial charge in [0.15, 0.2) is 5.12 Å². The zero-order chi connectivity index (χ0) is 34.3. The molecule has 0 radical (unpaired) electrons. The van der Waals surface area contributed by atoms with E-state index in [0.717, 1.165) is 63.0 Å². The van der Waals surface area contributed by atoms with Crippen LogP contribution in [0, 0.1) is 0 Å². The van der Waals surface area contributed by atoms with Crippen molar-refractivity contribution in [2.24, 2.45) is 0 Å². The summed E-state index contributed by atoms with van der Waals surface area (Å²) in [6, 6.07) is 0. The second-order valence-corrected chi connectivity index (χ2v) is 27.2.